The van der Waals surface area contributed by atoms with Gasteiger partial charge in [0.2, 0.25) is 0 Å². The first kappa shape index (κ1) is 20.6. The average Bonchev–Trinajstić information content (AvgIpc) is 2.68. The smallest absolute Gasteiger partial charge is 0.340 e. The Kier molecular flexibility index (Phi) is 6.04. The maximum absolute atomic E-state index is 12.7. The molecule has 0 saturated heterocycles. The molecule has 0 fully saturated rings. The topological polar surface area (TPSA) is 55.4 Å². The van der Waals surface area contributed by atoms with Crippen LogP contribution in [0.4, 0.5) is 5.69 Å². The molecule has 29 heavy (non-hydrogen) atoms. The maximum Gasteiger partial charge on any atom is 0.340 e. The van der Waals surface area contributed by atoms with Crippen LogP contribution in [0.3, 0.4) is 0 Å². The molecule has 0 saturated carbocycles. The van der Waals surface area contributed by atoms with Gasteiger partial charge in [0, 0.05) is 10.6 Å². The number of rotatable bonds is 4. The lowest BCUT2D eigenvalue weighted by molar-refractivity contribution is 0.00708. The molecule has 5 heteroatoms. The second kappa shape index (κ2) is 8.50. The lowest BCUT2D eigenvalue weighted by Crippen LogP contribution is -2.25. The molecule has 0 atom stereocenters. The SMILES string of the molecule is CC(C)(C)OC(=O)c1ccc(-c2ccc(Cl)cc2)cc1NC(=O)c1ccccc1. The van der Waals surface area contributed by atoms with E-state index in [4.69, 9.17) is 16.3 Å². The number of carbonyl (C=O) groups is 2. The zero-order chi connectivity index (χ0) is 21.0. The van der Waals surface area contributed by atoms with Gasteiger partial charge in [-0.25, -0.2) is 4.79 Å². The summed E-state index contributed by atoms with van der Waals surface area (Å²) in [6.07, 6.45) is 0. The van der Waals surface area contributed by atoms with Crippen molar-refractivity contribution in [1.29, 1.82) is 0 Å². The van der Waals surface area contributed by atoms with Gasteiger partial charge >= 0.3 is 5.97 Å². The minimum atomic E-state index is -0.646. The second-order valence-electron chi connectivity index (χ2n) is 7.59. The number of benzene rings is 3. The van der Waals surface area contributed by atoms with Crippen LogP contribution in [0.2, 0.25) is 5.02 Å². The van der Waals surface area contributed by atoms with Crippen molar-refractivity contribution in [2.75, 3.05) is 5.32 Å². The third-order valence-electron chi connectivity index (χ3n) is 4.10. The number of hydrogen-bond acceptors (Lipinski definition) is 3. The summed E-state index contributed by atoms with van der Waals surface area (Å²) in [5.41, 5.74) is 2.30. The zero-order valence-corrected chi connectivity index (χ0v) is 17.3. The van der Waals surface area contributed by atoms with Crippen LogP contribution in [-0.4, -0.2) is 17.5 Å². The lowest BCUT2D eigenvalue weighted by atomic mass is 10.0. The molecule has 1 N–H and O–H groups in total. The fourth-order valence-corrected chi connectivity index (χ4v) is 2.89. The van der Waals surface area contributed by atoms with Crippen molar-refractivity contribution in [3.05, 3.63) is 88.9 Å². The Labute approximate surface area is 175 Å². The Bertz CT molecular complexity index is 1020. The second-order valence-corrected chi connectivity index (χ2v) is 8.03. The van der Waals surface area contributed by atoms with Crippen LogP contribution < -0.4 is 5.32 Å². The Balaban J connectivity index is 2.00. The van der Waals surface area contributed by atoms with Crippen molar-refractivity contribution in [3.63, 3.8) is 0 Å². The number of nitrogens with one attached hydrogen (secondary N) is 1. The molecule has 0 radical (unpaired) electrons. The lowest BCUT2D eigenvalue weighted by Gasteiger charge is -2.21. The molecule has 0 aliphatic carbocycles. The minimum Gasteiger partial charge on any atom is -0.456 e. The first-order chi connectivity index (χ1) is 13.7. The summed E-state index contributed by atoms with van der Waals surface area (Å²) >= 11 is 5.98. The average molecular weight is 408 g/mol. The van der Waals surface area contributed by atoms with Crippen LogP contribution in [0, 0.1) is 0 Å². The van der Waals surface area contributed by atoms with Crippen molar-refractivity contribution in [2.24, 2.45) is 0 Å². The van der Waals surface area contributed by atoms with Crippen molar-refractivity contribution in [1.82, 2.24) is 0 Å². The van der Waals surface area contributed by atoms with E-state index in [1.165, 1.54) is 0 Å². The van der Waals surface area contributed by atoms with E-state index in [0.717, 1.165) is 11.1 Å². The van der Waals surface area contributed by atoms with Gasteiger partial charge in [-0.15, -0.1) is 0 Å². The molecule has 0 aliphatic rings. The zero-order valence-electron chi connectivity index (χ0n) is 16.5. The molecule has 3 rings (SSSR count). The Morgan fingerprint density at radius 3 is 2.10 bits per heavy atom. The van der Waals surface area contributed by atoms with E-state index in [1.807, 2.05) is 24.3 Å². The molecule has 0 spiro atoms. The van der Waals surface area contributed by atoms with Gasteiger partial charge in [0.1, 0.15) is 5.60 Å². The first-order valence-corrected chi connectivity index (χ1v) is 9.60. The molecule has 1 amide bonds. The standard InChI is InChI=1S/C24H22ClNO3/c1-24(2,3)29-23(28)20-14-11-18(16-9-12-19(25)13-10-16)15-21(20)26-22(27)17-7-5-4-6-8-17/h4-15H,1-3H3,(H,26,27). The van der Waals surface area contributed by atoms with E-state index in [1.54, 1.807) is 69.3 Å². The van der Waals surface area contributed by atoms with E-state index in [2.05, 4.69) is 5.32 Å². The molecule has 0 heterocycles. The van der Waals surface area contributed by atoms with Crippen molar-refractivity contribution < 1.29 is 14.3 Å². The molecule has 0 aromatic heterocycles. The number of anilines is 1. The first-order valence-electron chi connectivity index (χ1n) is 9.23. The number of esters is 1. The van der Waals surface area contributed by atoms with E-state index in [0.29, 0.717) is 21.8 Å². The van der Waals surface area contributed by atoms with E-state index >= 15 is 0 Å². The molecule has 3 aromatic carbocycles. The highest BCUT2D eigenvalue weighted by Crippen LogP contribution is 2.28. The predicted octanol–water partition coefficient (Wildman–Crippen LogP) is 6.21. The van der Waals surface area contributed by atoms with Crippen LogP contribution >= 0.6 is 11.6 Å². The maximum atomic E-state index is 12.7. The number of carbonyl (C=O) groups excluding carboxylic acids is 2. The van der Waals surface area contributed by atoms with Crippen LogP contribution in [0.1, 0.15) is 41.5 Å². The Morgan fingerprint density at radius 1 is 0.862 bits per heavy atom. The van der Waals surface area contributed by atoms with Crippen LogP contribution in [-0.2, 0) is 4.74 Å². The fourth-order valence-electron chi connectivity index (χ4n) is 2.76. The molecule has 0 bridgehead atoms. The predicted molar refractivity (Wildman–Crippen MR) is 116 cm³/mol. The van der Waals surface area contributed by atoms with Gasteiger partial charge in [-0.3, -0.25) is 4.79 Å². The van der Waals surface area contributed by atoms with Crippen LogP contribution in [0.5, 0.6) is 0 Å². The van der Waals surface area contributed by atoms with Crippen LogP contribution in [0.15, 0.2) is 72.8 Å². The number of hydrogen-bond donors (Lipinski definition) is 1. The summed E-state index contributed by atoms with van der Waals surface area (Å²) < 4.78 is 5.51. The van der Waals surface area contributed by atoms with Gasteiger partial charge in [-0.05, 0) is 68.3 Å². The van der Waals surface area contributed by atoms with E-state index < -0.39 is 11.6 Å². The summed E-state index contributed by atoms with van der Waals surface area (Å²) in [5.74, 6) is -0.799. The third kappa shape index (κ3) is 5.46. The van der Waals surface area contributed by atoms with E-state index in [-0.39, 0.29) is 5.91 Å². The Morgan fingerprint density at radius 2 is 1.48 bits per heavy atom. The van der Waals surface area contributed by atoms with Gasteiger partial charge in [-0.1, -0.05) is 48.0 Å². The monoisotopic (exact) mass is 407 g/mol. The normalized spacial score (nSPS) is 11.0. The third-order valence-corrected chi connectivity index (χ3v) is 4.35. The van der Waals surface area contributed by atoms with Crippen LogP contribution in [0.25, 0.3) is 11.1 Å². The molecular weight excluding hydrogens is 386 g/mol. The number of halogens is 1. The number of amides is 1. The molecule has 3 aromatic rings. The van der Waals surface area contributed by atoms with Gasteiger partial charge in [0.15, 0.2) is 0 Å². The molecule has 0 unspecified atom stereocenters. The van der Waals surface area contributed by atoms with Gasteiger partial charge in [-0.2, -0.15) is 0 Å². The summed E-state index contributed by atoms with van der Waals surface area (Å²) in [5, 5.41) is 3.49. The number of ether oxygens (including phenoxy) is 1. The summed E-state index contributed by atoms with van der Waals surface area (Å²) in [7, 11) is 0. The van der Waals surface area contributed by atoms with Crippen molar-refractivity contribution in [3.8, 4) is 11.1 Å². The van der Waals surface area contributed by atoms with E-state index in [9.17, 15) is 9.59 Å². The van der Waals surface area contributed by atoms with Crippen molar-refractivity contribution >= 4 is 29.2 Å². The highest BCUT2D eigenvalue weighted by Gasteiger charge is 2.22. The highest BCUT2D eigenvalue weighted by atomic mass is 35.5. The fraction of sp³-hybridized carbons (Fsp3) is 0.167. The molecule has 4 nitrogen and oxygen atoms in total. The van der Waals surface area contributed by atoms with Gasteiger partial charge in [0.05, 0.1) is 11.3 Å². The van der Waals surface area contributed by atoms with Crippen molar-refractivity contribution in [2.45, 2.75) is 26.4 Å². The Hall–Kier alpha value is -3.11. The molecular formula is C24H22ClNO3. The van der Waals surface area contributed by atoms with Gasteiger partial charge in [0.25, 0.3) is 5.91 Å². The largest absolute Gasteiger partial charge is 0.456 e. The minimum absolute atomic E-state index is 0.293. The van der Waals surface area contributed by atoms with Gasteiger partial charge < -0.3 is 10.1 Å². The molecule has 0 aliphatic heterocycles. The quantitative estimate of drug-likeness (QED) is 0.522. The summed E-state index contributed by atoms with van der Waals surface area (Å²) in [6, 6.07) is 21.4. The summed E-state index contributed by atoms with van der Waals surface area (Å²) in [6.45, 7) is 5.40. The molecule has 148 valence electrons. The summed E-state index contributed by atoms with van der Waals surface area (Å²) in [4.78, 5) is 25.4. The highest BCUT2D eigenvalue weighted by molar-refractivity contribution is 6.30.